The van der Waals surface area contributed by atoms with Crippen LogP contribution in [0.1, 0.15) is 31.9 Å². The van der Waals surface area contributed by atoms with Crippen molar-refractivity contribution >= 4 is 18.3 Å². The van der Waals surface area contributed by atoms with Crippen LogP contribution in [0.4, 0.5) is 4.79 Å². The Morgan fingerprint density at radius 3 is 1.90 bits per heavy atom. The lowest BCUT2D eigenvalue weighted by atomic mass is 10.0. The minimum atomic E-state index is -0.890. The van der Waals surface area contributed by atoms with Crippen LogP contribution < -0.4 is 10.6 Å². The highest BCUT2D eigenvalue weighted by atomic mass is 16.6. The maximum Gasteiger partial charge on any atom is 0.408 e. The molecule has 0 aliphatic heterocycles. The predicted molar refractivity (Wildman–Crippen MR) is 111 cm³/mol. The first kappa shape index (κ1) is 22.1. The van der Waals surface area contributed by atoms with E-state index in [2.05, 4.69) is 10.6 Å². The summed E-state index contributed by atoms with van der Waals surface area (Å²) < 4.78 is 5.28. The Labute approximate surface area is 171 Å². The lowest BCUT2D eigenvalue weighted by Crippen LogP contribution is -2.52. The van der Waals surface area contributed by atoms with Crippen molar-refractivity contribution in [3.8, 4) is 0 Å². The summed E-state index contributed by atoms with van der Waals surface area (Å²) in [5.41, 5.74) is 1.09. The number of amides is 2. The van der Waals surface area contributed by atoms with E-state index < -0.39 is 29.7 Å². The average Bonchev–Trinajstić information content (AvgIpc) is 2.67. The number of nitrogens with one attached hydrogen (secondary N) is 2. The van der Waals surface area contributed by atoms with Crippen molar-refractivity contribution in [3.05, 3.63) is 71.8 Å². The van der Waals surface area contributed by atoms with Gasteiger partial charge in [-0.1, -0.05) is 60.7 Å². The van der Waals surface area contributed by atoms with E-state index in [9.17, 15) is 14.4 Å². The van der Waals surface area contributed by atoms with Gasteiger partial charge in [-0.05, 0) is 31.9 Å². The van der Waals surface area contributed by atoms with Crippen LogP contribution in [0.2, 0.25) is 0 Å². The van der Waals surface area contributed by atoms with Gasteiger partial charge in [0.1, 0.15) is 11.6 Å². The molecule has 0 aliphatic rings. The Bertz CT molecular complexity index is 801. The number of carbonyl (C=O) groups is 2. The third kappa shape index (κ3) is 8.17. The van der Waals surface area contributed by atoms with Crippen LogP contribution in [-0.2, 0) is 27.2 Å². The zero-order valence-corrected chi connectivity index (χ0v) is 17.0. The SMILES string of the molecule is CC(C)(C)OC(=O)N[C@H](Cc1ccccc1)C(=O)N[C@H]([C]=O)Cc1ccccc1. The van der Waals surface area contributed by atoms with Crippen LogP contribution >= 0.6 is 0 Å². The van der Waals surface area contributed by atoms with Gasteiger partial charge in [-0.2, -0.15) is 0 Å². The highest BCUT2D eigenvalue weighted by Gasteiger charge is 2.26. The second-order valence-corrected chi connectivity index (χ2v) is 7.76. The van der Waals surface area contributed by atoms with E-state index in [4.69, 9.17) is 4.74 Å². The number of alkyl carbamates (subject to hydrolysis) is 1. The number of benzene rings is 2. The van der Waals surface area contributed by atoms with Gasteiger partial charge >= 0.3 is 6.09 Å². The summed E-state index contributed by atoms with van der Waals surface area (Å²) in [4.78, 5) is 36.5. The number of hydrogen-bond acceptors (Lipinski definition) is 4. The van der Waals surface area contributed by atoms with Crippen LogP contribution in [0.5, 0.6) is 0 Å². The first-order chi connectivity index (χ1) is 13.8. The molecule has 6 nitrogen and oxygen atoms in total. The third-order valence-corrected chi connectivity index (χ3v) is 4.03. The molecule has 2 aromatic carbocycles. The van der Waals surface area contributed by atoms with Crippen LogP contribution in [0.15, 0.2) is 60.7 Å². The predicted octanol–water partition coefficient (Wildman–Crippen LogP) is 2.96. The molecule has 0 aliphatic carbocycles. The van der Waals surface area contributed by atoms with Crippen LogP contribution in [0.25, 0.3) is 0 Å². The molecule has 2 N–H and O–H groups in total. The van der Waals surface area contributed by atoms with Gasteiger partial charge in [-0.3, -0.25) is 9.59 Å². The van der Waals surface area contributed by atoms with Gasteiger partial charge in [0, 0.05) is 12.8 Å². The first-order valence-corrected chi connectivity index (χ1v) is 9.52. The minimum absolute atomic E-state index is 0.267. The van der Waals surface area contributed by atoms with Crippen molar-refractivity contribution < 1.29 is 19.1 Å². The fraction of sp³-hybridized carbons (Fsp3) is 0.348. The quantitative estimate of drug-likeness (QED) is 0.720. The maximum atomic E-state index is 12.8. The van der Waals surface area contributed by atoms with Crippen molar-refractivity contribution in [3.63, 3.8) is 0 Å². The van der Waals surface area contributed by atoms with Crippen molar-refractivity contribution in [2.75, 3.05) is 0 Å². The molecule has 0 saturated carbocycles. The summed E-state index contributed by atoms with van der Waals surface area (Å²) in [7, 11) is 0. The van der Waals surface area contributed by atoms with Gasteiger partial charge in [-0.15, -0.1) is 0 Å². The fourth-order valence-corrected chi connectivity index (χ4v) is 2.75. The standard InChI is InChI=1S/C23H27N2O4/c1-23(2,3)29-22(28)25-20(15-18-12-8-5-9-13-18)21(27)24-19(16-26)14-17-10-6-4-7-11-17/h4-13,19-20H,14-15H2,1-3H3,(H,24,27)(H,25,28)/t19-,20+/m0/s1. The molecule has 0 bridgehead atoms. The molecule has 0 heterocycles. The maximum absolute atomic E-state index is 12.8. The largest absolute Gasteiger partial charge is 0.444 e. The van der Waals surface area contributed by atoms with Gasteiger partial charge < -0.3 is 15.4 Å². The van der Waals surface area contributed by atoms with Gasteiger partial charge in [0.2, 0.25) is 12.2 Å². The highest BCUT2D eigenvalue weighted by molar-refractivity contribution is 5.88. The first-order valence-electron chi connectivity index (χ1n) is 9.52. The van der Waals surface area contributed by atoms with Gasteiger partial charge in [0.15, 0.2) is 0 Å². The normalized spacial score (nSPS) is 13.1. The number of rotatable bonds is 8. The van der Waals surface area contributed by atoms with Crippen LogP contribution in [0.3, 0.4) is 0 Å². The molecule has 0 aromatic heterocycles. The van der Waals surface area contributed by atoms with Crippen molar-refractivity contribution in [1.82, 2.24) is 10.6 Å². The third-order valence-electron chi connectivity index (χ3n) is 4.03. The van der Waals surface area contributed by atoms with Crippen LogP contribution in [0, 0.1) is 0 Å². The average molecular weight is 395 g/mol. The Balaban J connectivity index is 2.09. The molecule has 1 radical (unpaired) electrons. The summed E-state index contributed by atoms with van der Waals surface area (Å²) in [6.45, 7) is 5.24. The van der Waals surface area contributed by atoms with E-state index in [0.29, 0.717) is 6.42 Å². The summed E-state index contributed by atoms with van der Waals surface area (Å²) in [6.07, 6.45) is 1.76. The molecule has 153 valence electrons. The smallest absolute Gasteiger partial charge is 0.408 e. The molecule has 0 unspecified atom stereocenters. The zero-order valence-electron chi connectivity index (χ0n) is 17.0. The molecular weight excluding hydrogens is 368 g/mol. The van der Waals surface area contributed by atoms with E-state index >= 15 is 0 Å². The second-order valence-electron chi connectivity index (χ2n) is 7.76. The van der Waals surface area contributed by atoms with Gasteiger partial charge in [-0.25, -0.2) is 4.79 Å². The Kier molecular flexibility index (Phi) is 7.95. The Hall–Kier alpha value is -3.15. The van der Waals surface area contributed by atoms with E-state index in [1.165, 1.54) is 0 Å². The lowest BCUT2D eigenvalue weighted by molar-refractivity contribution is -0.123. The van der Waals surface area contributed by atoms with Gasteiger partial charge in [0.05, 0.1) is 6.04 Å². The monoisotopic (exact) mass is 395 g/mol. The Morgan fingerprint density at radius 2 is 1.41 bits per heavy atom. The molecule has 2 atom stereocenters. The molecule has 2 amide bonds. The molecular formula is C23H27N2O4. The zero-order chi connectivity index (χ0) is 21.3. The van der Waals surface area contributed by atoms with E-state index in [1.54, 1.807) is 20.8 Å². The number of hydrogen-bond donors (Lipinski definition) is 2. The minimum Gasteiger partial charge on any atom is -0.444 e. The molecule has 29 heavy (non-hydrogen) atoms. The second kappa shape index (κ2) is 10.4. The van der Waals surface area contributed by atoms with Crippen molar-refractivity contribution in [2.45, 2.75) is 51.3 Å². The van der Waals surface area contributed by atoms with E-state index in [0.717, 1.165) is 11.1 Å². The topological polar surface area (TPSA) is 84.5 Å². The fourth-order valence-electron chi connectivity index (χ4n) is 2.75. The molecule has 0 spiro atoms. The summed E-state index contributed by atoms with van der Waals surface area (Å²) in [6, 6.07) is 17.0. The number of ether oxygens (including phenoxy) is 1. The summed E-state index contributed by atoms with van der Waals surface area (Å²) >= 11 is 0. The molecule has 6 heteroatoms. The van der Waals surface area contributed by atoms with Crippen molar-refractivity contribution in [1.29, 1.82) is 0 Å². The molecule has 2 rings (SSSR count). The Morgan fingerprint density at radius 1 is 0.897 bits per heavy atom. The van der Waals surface area contributed by atoms with Gasteiger partial charge in [0.25, 0.3) is 0 Å². The van der Waals surface area contributed by atoms with Crippen molar-refractivity contribution in [2.24, 2.45) is 0 Å². The van der Waals surface area contributed by atoms with Crippen LogP contribution in [-0.4, -0.2) is 36.0 Å². The highest BCUT2D eigenvalue weighted by Crippen LogP contribution is 2.09. The molecule has 0 fully saturated rings. The lowest BCUT2D eigenvalue weighted by Gasteiger charge is -2.24. The molecule has 0 saturated heterocycles. The van der Waals surface area contributed by atoms with E-state index in [1.807, 2.05) is 66.9 Å². The van der Waals surface area contributed by atoms with E-state index in [-0.39, 0.29) is 6.42 Å². The molecule has 2 aromatic rings. The number of carbonyl (C=O) groups excluding carboxylic acids is 3. The summed E-state index contributed by atoms with van der Waals surface area (Å²) in [5.74, 6) is -0.469. The summed E-state index contributed by atoms with van der Waals surface area (Å²) in [5, 5.41) is 5.28.